The van der Waals surface area contributed by atoms with Gasteiger partial charge in [0.25, 0.3) is 0 Å². The quantitative estimate of drug-likeness (QED) is 0.436. The van der Waals surface area contributed by atoms with Gasteiger partial charge in [0.05, 0.1) is 13.1 Å². The summed E-state index contributed by atoms with van der Waals surface area (Å²) in [4.78, 5) is 11.4. The second kappa shape index (κ2) is 6.44. The van der Waals surface area contributed by atoms with Crippen molar-refractivity contribution in [2.75, 3.05) is 13.1 Å². The molecule has 1 fully saturated rings. The van der Waals surface area contributed by atoms with Crippen LogP contribution >= 0.6 is 0 Å². The number of carbonyl (C=O) groups is 1. The summed E-state index contributed by atoms with van der Waals surface area (Å²) in [5, 5.41) is 5.83. The van der Waals surface area contributed by atoms with Gasteiger partial charge in [0.1, 0.15) is 0 Å². The standard InChI is InChI=1S/C11H19N3O/c1-2-7-13-8-11(15)14-10-5-3-9(12)4-6-10/h1,9-10,13H,3-8,12H2,(H,14,15). The van der Waals surface area contributed by atoms with Gasteiger partial charge in [-0.1, -0.05) is 5.92 Å². The lowest BCUT2D eigenvalue weighted by Crippen LogP contribution is -2.43. The van der Waals surface area contributed by atoms with Crippen LogP contribution in [0, 0.1) is 12.3 Å². The minimum Gasteiger partial charge on any atom is -0.352 e. The topological polar surface area (TPSA) is 67.2 Å². The lowest BCUT2D eigenvalue weighted by molar-refractivity contribution is -0.121. The highest BCUT2D eigenvalue weighted by Gasteiger charge is 2.19. The monoisotopic (exact) mass is 209 g/mol. The molecule has 0 aromatic rings. The fraction of sp³-hybridized carbons (Fsp3) is 0.727. The van der Waals surface area contributed by atoms with Gasteiger partial charge in [0.15, 0.2) is 0 Å². The second-order valence-electron chi connectivity index (χ2n) is 3.99. The summed E-state index contributed by atoms with van der Waals surface area (Å²) < 4.78 is 0. The average Bonchev–Trinajstić information content (AvgIpc) is 2.22. The van der Waals surface area contributed by atoms with E-state index in [0.717, 1.165) is 25.7 Å². The maximum Gasteiger partial charge on any atom is 0.234 e. The maximum absolute atomic E-state index is 11.4. The highest BCUT2D eigenvalue weighted by molar-refractivity contribution is 5.78. The molecule has 0 aliphatic heterocycles. The largest absolute Gasteiger partial charge is 0.352 e. The molecule has 0 unspecified atom stereocenters. The third-order valence-corrected chi connectivity index (χ3v) is 2.65. The molecule has 0 bridgehead atoms. The smallest absolute Gasteiger partial charge is 0.234 e. The van der Waals surface area contributed by atoms with E-state index >= 15 is 0 Å². The summed E-state index contributed by atoms with van der Waals surface area (Å²) in [5.41, 5.74) is 5.78. The molecule has 1 amide bonds. The summed E-state index contributed by atoms with van der Waals surface area (Å²) in [6.07, 6.45) is 9.04. The number of nitrogens with two attached hydrogens (primary N) is 1. The predicted molar refractivity (Wildman–Crippen MR) is 60.1 cm³/mol. The molecule has 4 nitrogen and oxygen atoms in total. The Labute approximate surface area is 91.0 Å². The molecule has 4 N–H and O–H groups in total. The van der Waals surface area contributed by atoms with Crippen molar-refractivity contribution in [3.05, 3.63) is 0 Å². The van der Waals surface area contributed by atoms with Crippen LogP contribution in [-0.4, -0.2) is 31.1 Å². The molecule has 0 aromatic heterocycles. The van der Waals surface area contributed by atoms with Crippen molar-refractivity contribution in [2.45, 2.75) is 37.8 Å². The van der Waals surface area contributed by atoms with Crippen molar-refractivity contribution >= 4 is 5.91 Å². The van der Waals surface area contributed by atoms with E-state index in [4.69, 9.17) is 12.2 Å². The SMILES string of the molecule is C#CCNCC(=O)NC1CCC(N)CC1. The van der Waals surface area contributed by atoms with Crippen LogP contribution < -0.4 is 16.4 Å². The Morgan fingerprint density at radius 3 is 2.67 bits per heavy atom. The van der Waals surface area contributed by atoms with Crippen molar-refractivity contribution in [3.63, 3.8) is 0 Å². The Morgan fingerprint density at radius 1 is 1.40 bits per heavy atom. The van der Waals surface area contributed by atoms with E-state index < -0.39 is 0 Å². The molecule has 0 heterocycles. The molecule has 0 aromatic carbocycles. The van der Waals surface area contributed by atoms with Crippen molar-refractivity contribution in [3.8, 4) is 12.3 Å². The molecule has 1 aliphatic carbocycles. The van der Waals surface area contributed by atoms with Crippen LogP contribution in [0.4, 0.5) is 0 Å². The third kappa shape index (κ3) is 4.82. The third-order valence-electron chi connectivity index (χ3n) is 2.65. The number of amides is 1. The van der Waals surface area contributed by atoms with Crippen molar-refractivity contribution < 1.29 is 4.79 Å². The maximum atomic E-state index is 11.4. The molecule has 1 saturated carbocycles. The van der Waals surface area contributed by atoms with E-state index in [9.17, 15) is 4.79 Å². The molecule has 0 spiro atoms. The van der Waals surface area contributed by atoms with E-state index in [1.807, 2.05) is 0 Å². The van der Waals surface area contributed by atoms with Gasteiger partial charge in [-0.3, -0.25) is 10.1 Å². The first-order chi connectivity index (χ1) is 7.22. The van der Waals surface area contributed by atoms with Gasteiger partial charge in [-0.05, 0) is 25.7 Å². The second-order valence-corrected chi connectivity index (χ2v) is 3.99. The van der Waals surface area contributed by atoms with Crippen molar-refractivity contribution in [1.82, 2.24) is 10.6 Å². The zero-order valence-corrected chi connectivity index (χ0v) is 8.96. The Bertz CT molecular complexity index is 239. The molecular formula is C11H19N3O. The number of rotatable bonds is 4. The van der Waals surface area contributed by atoms with Gasteiger partial charge in [-0.25, -0.2) is 0 Å². The molecule has 0 atom stereocenters. The van der Waals surface area contributed by atoms with Crippen LogP contribution in [-0.2, 0) is 4.79 Å². The van der Waals surface area contributed by atoms with Crippen LogP contribution in [0.25, 0.3) is 0 Å². The van der Waals surface area contributed by atoms with Crippen LogP contribution in [0.1, 0.15) is 25.7 Å². The van der Waals surface area contributed by atoms with Crippen LogP contribution in [0.2, 0.25) is 0 Å². The molecule has 0 saturated heterocycles. The lowest BCUT2D eigenvalue weighted by atomic mass is 9.92. The zero-order valence-electron chi connectivity index (χ0n) is 8.96. The Balaban J connectivity index is 2.13. The van der Waals surface area contributed by atoms with E-state index in [1.54, 1.807) is 0 Å². The predicted octanol–water partition coefficient (Wildman–Crippen LogP) is -0.405. The zero-order chi connectivity index (χ0) is 11.1. The van der Waals surface area contributed by atoms with Crippen molar-refractivity contribution in [1.29, 1.82) is 0 Å². The fourth-order valence-corrected chi connectivity index (χ4v) is 1.79. The van der Waals surface area contributed by atoms with Crippen LogP contribution in [0.5, 0.6) is 0 Å². The van der Waals surface area contributed by atoms with Gasteiger partial charge in [-0.15, -0.1) is 6.42 Å². The average molecular weight is 209 g/mol. The number of carbonyl (C=O) groups excluding carboxylic acids is 1. The molecular weight excluding hydrogens is 190 g/mol. The highest BCUT2D eigenvalue weighted by Crippen LogP contribution is 2.16. The minimum atomic E-state index is 0.0192. The van der Waals surface area contributed by atoms with E-state index in [0.29, 0.717) is 25.2 Å². The fourth-order valence-electron chi connectivity index (χ4n) is 1.79. The molecule has 15 heavy (non-hydrogen) atoms. The van der Waals surface area contributed by atoms with Crippen LogP contribution in [0.3, 0.4) is 0 Å². The molecule has 1 rings (SSSR count). The molecule has 1 aliphatic rings. The van der Waals surface area contributed by atoms with E-state index in [1.165, 1.54) is 0 Å². The van der Waals surface area contributed by atoms with Crippen molar-refractivity contribution in [2.24, 2.45) is 5.73 Å². The van der Waals surface area contributed by atoms with Gasteiger partial charge in [0.2, 0.25) is 5.91 Å². The van der Waals surface area contributed by atoms with Gasteiger partial charge < -0.3 is 11.1 Å². The summed E-state index contributed by atoms with van der Waals surface area (Å²) in [6.45, 7) is 0.732. The van der Waals surface area contributed by atoms with Gasteiger partial charge in [-0.2, -0.15) is 0 Å². The number of terminal acetylenes is 1. The molecule has 0 radical (unpaired) electrons. The first kappa shape index (κ1) is 12.0. The summed E-state index contributed by atoms with van der Waals surface area (Å²) in [6, 6.07) is 0.614. The highest BCUT2D eigenvalue weighted by atomic mass is 16.1. The minimum absolute atomic E-state index is 0.0192. The summed E-state index contributed by atoms with van der Waals surface area (Å²) in [5.74, 6) is 2.44. The normalized spacial score (nSPS) is 25.6. The first-order valence-electron chi connectivity index (χ1n) is 5.41. The Kier molecular flexibility index (Phi) is 5.16. The number of nitrogens with one attached hydrogen (secondary N) is 2. The van der Waals surface area contributed by atoms with E-state index in [2.05, 4.69) is 16.6 Å². The van der Waals surface area contributed by atoms with Gasteiger partial charge in [0, 0.05) is 12.1 Å². The van der Waals surface area contributed by atoms with Gasteiger partial charge >= 0.3 is 0 Å². The van der Waals surface area contributed by atoms with Crippen LogP contribution in [0.15, 0.2) is 0 Å². The molecule has 4 heteroatoms. The number of hydrogen-bond acceptors (Lipinski definition) is 3. The first-order valence-corrected chi connectivity index (χ1v) is 5.41. The number of hydrogen-bond donors (Lipinski definition) is 3. The summed E-state index contributed by atoms with van der Waals surface area (Å²) >= 11 is 0. The lowest BCUT2D eigenvalue weighted by Gasteiger charge is -2.26. The Hall–Kier alpha value is -1.05. The Morgan fingerprint density at radius 2 is 2.07 bits per heavy atom. The molecule has 84 valence electrons. The van der Waals surface area contributed by atoms with E-state index in [-0.39, 0.29) is 5.91 Å². The summed E-state index contributed by atoms with van der Waals surface area (Å²) in [7, 11) is 0.